The Kier molecular flexibility index (Phi) is 4.17. The zero-order chi connectivity index (χ0) is 13.8. The lowest BCUT2D eigenvalue weighted by molar-refractivity contribution is 0.112. The highest BCUT2D eigenvalue weighted by atomic mass is 35.5. The van der Waals surface area contributed by atoms with Crippen LogP contribution in [-0.2, 0) is 6.61 Å². The Balaban J connectivity index is 2.17. The Morgan fingerprint density at radius 2 is 2.11 bits per heavy atom. The molecule has 0 aliphatic carbocycles. The predicted octanol–water partition coefficient (Wildman–Crippen LogP) is 4.18. The van der Waals surface area contributed by atoms with E-state index in [9.17, 15) is 9.18 Å². The summed E-state index contributed by atoms with van der Waals surface area (Å²) in [5.41, 5.74) is 1.72. The van der Waals surface area contributed by atoms with Gasteiger partial charge in [-0.15, -0.1) is 0 Å². The maximum Gasteiger partial charge on any atom is 0.150 e. The minimum atomic E-state index is -0.394. The summed E-state index contributed by atoms with van der Waals surface area (Å²) in [6.07, 6.45) is 0.768. The average molecular weight is 279 g/mol. The summed E-state index contributed by atoms with van der Waals surface area (Å²) in [4.78, 5) is 10.6. The maximum absolute atomic E-state index is 13.6. The van der Waals surface area contributed by atoms with Crippen LogP contribution >= 0.6 is 11.6 Å². The van der Waals surface area contributed by atoms with Crippen LogP contribution in [0.1, 0.15) is 21.5 Å². The first-order valence-corrected chi connectivity index (χ1v) is 6.11. The second-order valence-electron chi connectivity index (χ2n) is 4.13. The molecule has 2 aromatic rings. The zero-order valence-electron chi connectivity index (χ0n) is 10.3. The number of ether oxygens (including phenoxy) is 1. The highest BCUT2D eigenvalue weighted by molar-refractivity contribution is 6.31. The molecule has 0 spiro atoms. The number of aldehydes is 1. The first kappa shape index (κ1) is 13.6. The smallest absolute Gasteiger partial charge is 0.150 e. The predicted molar refractivity (Wildman–Crippen MR) is 72.3 cm³/mol. The number of benzene rings is 2. The van der Waals surface area contributed by atoms with E-state index in [4.69, 9.17) is 16.3 Å². The fourth-order valence-corrected chi connectivity index (χ4v) is 1.95. The molecule has 0 amide bonds. The van der Waals surface area contributed by atoms with E-state index in [0.717, 1.165) is 11.8 Å². The van der Waals surface area contributed by atoms with Gasteiger partial charge in [0.25, 0.3) is 0 Å². The van der Waals surface area contributed by atoms with Gasteiger partial charge < -0.3 is 4.74 Å². The van der Waals surface area contributed by atoms with Crippen molar-refractivity contribution in [3.05, 3.63) is 63.9 Å². The minimum Gasteiger partial charge on any atom is -0.488 e. The molecular weight excluding hydrogens is 267 g/mol. The van der Waals surface area contributed by atoms with Gasteiger partial charge >= 0.3 is 0 Å². The van der Waals surface area contributed by atoms with Crippen LogP contribution in [0.5, 0.6) is 5.75 Å². The Hall–Kier alpha value is -1.87. The lowest BCUT2D eigenvalue weighted by Crippen LogP contribution is -2.01. The molecule has 0 saturated carbocycles. The van der Waals surface area contributed by atoms with Gasteiger partial charge in [-0.2, -0.15) is 0 Å². The molecule has 2 nitrogen and oxygen atoms in total. The number of hydrogen-bond acceptors (Lipinski definition) is 2. The van der Waals surface area contributed by atoms with Crippen molar-refractivity contribution < 1.29 is 13.9 Å². The van der Waals surface area contributed by atoms with Gasteiger partial charge in [0.15, 0.2) is 0 Å². The van der Waals surface area contributed by atoms with Gasteiger partial charge in [0.2, 0.25) is 0 Å². The average Bonchev–Trinajstić information content (AvgIpc) is 2.39. The van der Waals surface area contributed by atoms with Crippen LogP contribution in [0.4, 0.5) is 4.39 Å². The number of hydrogen-bond donors (Lipinski definition) is 0. The molecule has 0 fully saturated rings. The van der Waals surface area contributed by atoms with Crippen molar-refractivity contribution in [1.29, 1.82) is 0 Å². The Labute approximate surface area is 115 Å². The molecular formula is C15H12ClFO2. The molecule has 19 heavy (non-hydrogen) atoms. The second-order valence-corrected chi connectivity index (χ2v) is 4.54. The summed E-state index contributed by atoms with van der Waals surface area (Å²) in [5, 5.41) is 0.335. The summed E-state index contributed by atoms with van der Waals surface area (Å²) in [6.45, 7) is 1.87. The fraction of sp³-hybridized carbons (Fsp3) is 0.133. The minimum absolute atomic E-state index is 0.0484. The van der Waals surface area contributed by atoms with E-state index < -0.39 is 5.82 Å². The van der Waals surface area contributed by atoms with Crippen LogP contribution in [0.3, 0.4) is 0 Å². The molecule has 0 heterocycles. The number of aryl methyl sites for hydroxylation is 1. The van der Waals surface area contributed by atoms with Crippen molar-refractivity contribution in [3.8, 4) is 5.75 Å². The Morgan fingerprint density at radius 1 is 1.32 bits per heavy atom. The molecule has 0 atom stereocenters. The van der Waals surface area contributed by atoms with Crippen LogP contribution in [0, 0.1) is 12.7 Å². The molecule has 0 bridgehead atoms. The maximum atomic E-state index is 13.6. The van der Waals surface area contributed by atoms with E-state index in [-0.39, 0.29) is 6.61 Å². The molecule has 0 aliphatic heterocycles. The summed E-state index contributed by atoms with van der Waals surface area (Å²) in [6, 6.07) is 9.56. The number of halogens is 2. The van der Waals surface area contributed by atoms with Crippen molar-refractivity contribution in [2.45, 2.75) is 13.5 Å². The first-order chi connectivity index (χ1) is 9.11. The van der Waals surface area contributed by atoms with Crippen LogP contribution in [0.2, 0.25) is 5.02 Å². The summed E-state index contributed by atoms with van der Waals surface area (Å²) in [5.74, 6) is 0.208. The molecule has 0 radical (unpaired) electrons. The van der Waals surface area contributed by atoms with E-state index >= 15 is 0 Å². The Morgan fingerprint density at radius 3 is 2.74 bits per heavy atom. The van der Waals surface area contributed by atoms with E-state index in [0.29, 0.717) is 21.9 Å². The highest BCUT2D eigenvalue weighted by Gasteiger charge is 2.08. The monoisotopic (exact) mass is 278 g/mol. The quantitative estimate of drug-likeness (QED) is 0.784. The lowest BCUT2D eigenvalue weighted by Gasteiger charge is -2.11. The van der Waals surface area contributed by atoms with E-state index in [1.807, 2.05) is 6.92 Å². The van der Waals surface area contributed by atoms with Crippen LogP contribution < -0.4 is 4.74 Å². The summed E-state index contributed by atoms with van der Waals surface area (Å²) >= 11 is 5.92. The lowest BCUT2D eigenvalue weighted by atomic mass is 10.1. The molecule has 0 saturated heterocycles. The molecule has 2 aromatic carbocycles. The highest BCUT2D eigenvalue weighted by Crippen LogP contribution is 2.23. The van der Waals surface area contributed by atoms with E-state index in [1.54, 1.807) is 30.3 Å². The van der Waals surface area contributed by atoms with Crippen molar-refractivity contribution in [3.63, 3.8) is 0 Å². The number of carbonyl (C=O) groups excluding carboxylic acids is 1. The normalized spacial score (nSPS) is 10.3. The molecule has 4 heteroatoms. The van der Waals surface area contributed by atoms with Gasteiger partial charge in [-0.25, -0.2) is 4.39 Å². The second kappa shape index (κ2) is 5.85. The van der Waals surface area contributed by atoms with Gasteiger partial charge in [-0.05, 0) is 42.8 Å². The van der Waals surface area contributed by atoms with Gasteiger partial charge in [0, 0.05) is 11.1 Å². The van der Waals surface area contributed by atoms with Gasteiger partial charge in [-0.1, -0.05) is 17.7 Å². The van der Waals surface area contributed by atoms with E-state index in [1.165, 1.54) is 6.07 Å². The van der Waals surface area contributed by atoms with Gasteiger partial charge in [0.05, 0.1) is 5.02 Å². The molecule has 2 rings (SSSR count). The molecule has 0 unspecified atom stereocenters. The Bertz CT molecular complexity index is 591. The third-order valence-corrected chi connectivity index (χ3v) is 3.12. The zero-order valence-corrected chi connectivity index (χ0v) is 11.1. The van der Waals surface area contributed by atoms with Gasteiger partial charge in [-0.3, -0.25) is 4.79 Å². The SMILES string of the molecule is Cc1cc(C=O)ccc1OCc1c(F)cccc1Cl. The van der Waals surface area contributed by atoms with Crippen molar-refractivity contribution in [1.82, 2.24) is 0 Å². The van der Waals surface area contributed by atoms with E-state index in [2.05, 4.69) is 0 Å². The third kappa shape index (κ3) is 3.12. The molecule has 0 aromatic heterocycles. The van der Waals surface area contributed by atoms with Crippen LogP contribution in [0.15, 0.2) is 36.4 Å². The van der Waals surface area contributed by atoms with Crippen LogP contribution in [-0.4, -0.2) is 6.29 Å². The number of carbonyl (C=O) groups is 1. The third-order valence-electron chi connectivity index (χ3n) is 2.77. The molecule has 98 valence electrons. The first-order valence-electron chi connectivity index (χ1n) is 5.73. The van der Waals surface area contributed by atoms with Gasteiger partial charge in [0.1, 0.15) is 24.5 Å². The molecule has 0 N–H and O–H groups in total. The molecule has 0 aliphatic rings. The summed E-state index contributed by atoms with van der Waals surface area (Å²) in [7, 11) is 0. The van der Waals surface area contributed by atoms with Crippen molar-refractivity contribution in [2.75, 3.05) is 0 Å². The largest absolute Gasteiger partial charge is 0.488 e. The van der Waals surface area contributed by atoms with Crippen molar-refractivity contribution in [2.24, 2.45) is 0 Å². The fourth-order valence-electron chi connectivity index (χ4n) is 1.73. The standard InChI is InChI=1S/C15H12ClFO2/c1-10-7-11(8-18)5-6-15(10)19-9-12-13(16)3-2-4-14(12)17/h2-8H,9H2,1H3. The summed E-state index contributed by atoms with van der Waals surface area (Å²) < 4.78 is 19.1. The topological polar surface area (TPSA) is 26.3 Å². The van der Waals surface area contributed by atoms with Crippen LogP contribution in [0.25, 0.3) is 0 Å². The van der Waals surface area contributed by atoms with Crippen molar-refractivity contribution >= 4 is 17.9 Å². The number of rotatable bonds is 4.